The summed E-state index contributed by atoms with van der Waals surface area (Å²) in [6, 6.07) is 8.14. The molecule has 0 amide bonds. The van der Waals surface area contributed by atoms with Crippen LogP contribution in [0.25, 0.3) is 11.0 Å². The van der Waals surface area contributed by atoms with Crippen molar-refractivity contribution in [3.8, 4) is 0 Å². The van der Waals surface area contributed by atoms with Crippen molar-refractivity contribution in [2.24, 2.45) is 0 Å². The van der Waals surface area contributed by atoms with Gasteiger partial charge in [0.15, 0.2) is 0 Å². The largest absolute Gasteiger partial charge is 0.341 e. The molecule has 0 fully saturated rings. The molecule has 1 aromatic carbocycles. The Hall–Kier alpha value is -1.32. The molecule has 2 nitrogen and oxygen atoms in total. The molecule has 3 aromatic rings. The lowest BCUT2D eigenvalue weighted by molar-refractivity contribution is 0.604. The Labute approximate surface area is 120 Å². The van der Waals surface area contributed by atoms with Crippen molar-refractivity contribution >= 4 is 34.0 Å². The molecule has 4 rings (SSSR count). The normalized spacial score (nSPS) is 18.7. The van der Waals surface area contributed by atoms with E-state index < -0.39 is 0 Å². The van der Waals surface area contributed by atoms with Gasteiger partial charge in [-0.1, -0.05) is 17.7 Å². The van der Waals surface area contributed by atoms with E-state index in [1.165, 1.54) is 29.7 Å². The number of imidazole rings is 1. The molecule has 0 spiro atoms. The Kier molecular flexibility index (Phi) is 2.64. The standard InChI is InChI=1S/C15H13ClN2S/c16-11-4-2-5-12-14(11)18-15(17-12)10-3-1-6-13-9(10)7-8-19-13/h2,4-5,7-8,10H,1,3,6H2,(H,17,18). The summed E-state index contributed by atoms with van der Waals surface area (Å²) in [4.78, 5) is 9.69. The van der Waals surface area contributed by atoms with Gasteiger partial charge < -0.3 is 4.98 Å². The molecule has 1 atom stereocenters. The monoisotopic (exact) mass is 288 g/mol. The van der Waals surface area contributed by atoms with E-state index in [9.17, 15) is 0 Å². The van der Waals surface area contributed by atoms with Gasteiger partial charge in [0.1, 0.15) is 11.3 Å². The second kappa shape index (κ2) is 4.36. The number of hydrogen-bond acceptors (Lipinski definition) is 2. The van der Waals surface area contributed by atoms with Crippen molar-refractivity contribution in [3.05, 3.63) is 50.9 Å². The SMILES string of the molecule is Clc1cccc2[nH]c(C3CCCc4sccc43)nc12. The smallest absolute Gasteiger partial charge is 0.114 e. The van der Waals surface area contributed by atoms with Crippen LogP contribution in [-0.4, -0.2) is 9.97 Å². The number of aromatic nitrogens is 2. The molecule has 2 heterocycles. The Bertz CT molecular complexity index is 744. The summed E-state index contributed by atoms with van der Waals surface area (Å²) < 4.78 is 0. The van der Waals surface area contributed by atoms with E-state index in [-0.39, 0.29) is 0 Å². The van der Waals surface area contributed by atoms with Crippen molar-refractivity contribution in [2.45, 2.75) is 25.2 Å². The quantitative estimate of drug-likeness (QED) is 0.688. The number of nitrogens with one attached hydrogen (secondary N) is 1. The molecule has 0 saturated heterocycles. The maximum absolute atomic E-state index is 6.21. The number of aryl methyl sites for hydroxylation is 1. The molecule has 1 aliphatic carbocycles. The number of rotatable bonds is 1. The van der Waals surface area contributed by atoms with E-state index in [0.29, 0.717) is 5.92 Å². The van der Waals surface area contributed by atoms with Gasteiger partial charge in [-0.2, -0.15) is 0 Å². The highest BCUT2D eigenvalue weighted by Crippen LogP contribution is 2.39. The Balaban J connectivity index is 1.86. The minimum absolute atomic E-state index is 0.401. The molecule has 19 heavy (non-hydrogen) atoms. The van der Waals surface area contributed by atoms with E-state index in [4.69, 9.17) is 16.6 Å². The maximum atomic E-state index is 6.21. The fourth-order valence-corrected chi connectivity index (χ4v) is 4.16. The first-order valence-electron chi connectivity index (χ1n) is 6.53. The Morgan fingerprint density at radius 2 is 2.26 bits per heavy atom. The van der Waals surface area contributed by atoms with Crippen molar-refractivity contribution in [2.75, 3.05) is 0 Å². The highest BCUT2D eigenvalue weighted by Gasteiger charge is 2.25. The minimum atomic E-state index is 0.401. The molecule has 1 N–H and O–H groups in total. The van der Waals surface area contributed by atoms with Crippen LogP contribution in [0.4, 0.5) is 0 Å². The number of nitrogens with zero attached hydrogens (tertiary/aromatic N) is 1. The molecule has 1 unspecified atom stereocenters. The van der Waals surface area contributed by atoms with Crippen LogP contribution in [0, 0.1) is 0 Å². The number of benzene rings is 1. The Morgan fingerprint density at radius 1 is 1.32 bits per heavy atom. The second-order valence-corrected chi connectivity index (χ2v) is 6.41. The molecule has 2 aromatic heterocycles. The first-order chi connectivity index (χ1) is 9.33. The molecule has 0 aliphatic heterocycles. The predicted octanol–water partition coefficient (Wildman–Crippen LogP) is 4.75. The third-order valence-electron chi connectivity index (χ3n) is 3.86. The van der Waals surface area contributed by atoms with E-state index in [1.54, 1.807) is 0 Å². The number of fused-ring (bicyclic) bond motifs is 2. The zero-order valence-electron chi connectivity index (χ0n) is 10.3. The third-order valence-corrected chi connectivity index (χ3v) is 5.17. The molecule has 0 saturated carbocycles. The first-order valence-corrected chi connectivity index (χ1v) is 7.79. The van der Waals surface area contributed by atoms with Gasteiger partial charge in [0.2, 0.25) is 0 Å². The number of hydrogen-bond donors (Lipinski definition) is 1. The minimum Gasteiger partial charge on any atom is -0.341 e. The number of para-hydroxylation sites is 1. The Morgan fingerprint density at radius 3 is 3.16 bits per heavy atom. The molecule has 0 bridgehead atoms. The lowest BCUT2D eigenvalue weighted by atomic mass is 9.87. The molecule has 96 valence electrons. The van der Waals surface area contributed by atoms with Crippen molar-refractivity contribution in [1.82, 2.24) is 9.97 Å². The molecular formula is C15H13ClN2S. The highest BCUT2D eigenvalue weighted by atomic mass is 35.5. The summed E-state index contributed by atoms with van der Waals surface area (Å²) in [5, 5.41) is 2.92. The summed E-state index contributed by atoms with van der Waals surface area (Å²) in [6.07, 6.45) is 3.62. The zero-order chi connectivity index (χ0) is 12.8. The van der Waals surface area contributed by atoms with Gasteiger partial charge in [0, 0.05) is 10.8 Å². The number of thiophene rings is 1. The van der Waals surface area contributed by atoms with Crippen LogP contribution in [0.5, 0.6) is 0 Å². The molecule has 1 aliphatic rings. The van der Waals surface area contributed by atoms with Gasteiger partial charge in [-0.05, 0) is 48.4 Å². The molecular weight excluding hydrogens is 276 g/mol. The fourth-order valence-electron chi connectivity index (χ4n) is 2.95. The van der Waals surface area contributed by atoms with E-state index in [1.807, 2.05) is 29.5 Å². The number of H-pyrrole nitrogens is 1. The third kappa shape index (κ3) is 1.80. The van der Waals surface area contributed by atoms with Crippen LogP contribution in [0.15, 0.2) is 29.6 Å². The highest BCUT2D eigenvalue weighted by molar-refractivity contribution is 7.10. The lowest BCUT2D eigenvalue weighted by Crippen LogP contribution is -2.09. The number of halogens is 1. The summed E-state index contributed by atoms with van der Waals surface area (Å²) in [7, 11) is 0. The lowest BCUT2D eigenvalue weighted by Gasteiger charge is -2.20. The number of aromatic amines is 1. The molecule has 0 radical (unpaired) electrons. The van der Waals surface area contributed by atoms with Gasteiger partial charge in [-0.15, -0.1) is 11.3 Å². The van der Waals surface area contributed by atoms with Gasteiger partial charge in [0.05, 0.1) is 10.5 Å². The van der Waals surface area contributed by atoms with Crippen LogP contribution >= 0.6 is 22.9 Å². The molecule has 4 heteroatoms. The van der Waals surface area contributed by atoms with Gasteiger partial charge >= 0.3 is 0 Å². The zero-order valence-corrected chi connectivity index (χ0v) is 11.9. The average molecular weight is 289 g/mol. The van der Waals surface area contributed by atoms with Crippen LogP contribution < -0.4 is 0 Å². The first kappa shape index (κ1) is 11.5. The van der Waals surface area contributed by atoms with Crippen molar-refractivity contribution in [1.29, 1.82) is 0 Å². The summed E-state index contributed by atoms with van der Waals surface area (Å²) in [5.74, 6) is 1.46. The van der Waals surface area contributed by atoms with E-state index in [2.05, 4.69) is 16.4 Å². The average Bonchev–Trinajstić information content (AvgIpc) is 3.05. The summed E-state index contributed by atoms with van der Waals surface area (Å²) in [5.41, 5.74) is 3.37. The van der Waals surface area contributed by atoms with Crippen LogP contribution in [0.1, 0.15) is 35.0 Å². The second-order valence-electron chi connectivity index (χ2n) is 5.00. The van der Waals surface area contributed by atoms with Crippen LogP contribution in [0.2, 0.25) is 5.02 Å². The van der Waals surface area contributed by atoms with Crippen molar-refractivity contribution < 1.29 is 0 Å². The topological polar surface area (TPSA) is 28.7 Å². The van der Waals surface area contributed by atoms with Gasteiger partial charge in [0.25, 0.3) is 0 Å². The van der Waals surface area contributed by atoms with Crippen molar-refractivity contribution in [3.63, 3.8) is 0 Å². The van der Waals surface area contributed by atoms with E-state index in [0.717, 1.165) is 21.9 Å². The maximum Gasteiger partial charge on any atom is 0.114 e. The van der Waals surface area contributed by atoms with Crippen LogP contribution in [-0.2, 0) is 6.42 Å². The summed E-state index contributed by atoms with van der Waals surface area (Å²) in [6.45, 7) is 0. The fraction of sp³-hybridized carbons (Fsp3) is 0.267. The summed E-state index contributed by atoms with van der Waals surface area (Å²) >= 11 is 8.07. The van der Waals surface area contributed by atoms with Crippen LogP contribution in [0.3, 0.4) is 0 Å². The predicted molar refractivity (Wildman–Crippen MR) is 80.2 cm³/mol. The van der Waals surface area contributed by atoms with E-state index >= 15 is 0 Å². The van der Waals surface area contributed by atoms with Gasteiger partial charge in [-0.3, -0.25) is 0 Å². The van der Waals surface area contributed by atoms with Gasteiger partial charge in [-0.25, -0.2) is 4.98 Å².